The van der Waals surface area contributed by atoms with Gasteiger partial charge in [0.15, 0.2) is 0 Å². The van der Waals surface area contributed by atoms with Gasteiger partial charge in [-0.2, -0.15) is 11.8 Å². The fourth-order valence-electron chi connectivity index (χ4n) is 2.10. The van der Waals surface area contributed by atoms with E-state index in [4.69, 9.17) is 17.3 Å². The molecule has 17 heavy (non-hydrogen) atoms. The number of nitrogens with zero attached hydrogens (tertiary/aromatic N) is 1. The standard InChI is InChI=1S/C12H17ClN2S.ClH/c13-11-3-1-2-10(8-11)12(9-14)15-4-6-16-7-5-15;/h1-3,8,12H,4-7,9,14H2;1H. The zero-order valence-corrected chi connectivity index (χ0v) is 12.0. The van der Waals surface area contributed by atoms with E-state index in [0.29, 0.717) is 12.6 Å². The van der Waals surface area contributed by atoms with Crippen LogP contribution in [0.4, 0.5) is 0 Å². The van der Waals surface area contributed by atoms with Gasteiger partial charge >= 0.3 is 0 Å². The number of hydrogen-bond acceptors (Lipinski definition) is 3. The first-order valence-electron chi connectivity index (χ1n) is 5.58. The third-order valence-corrected chi connectivity index (χ3v) is 4.12. The van der Waals surface area contributed by atoms with Crippen molar-refractivity contribution in [3.63, 3.8) is 0 Å². The Balaban J connectivity index is 0.00000144. The van der Waals surface area contributed by atoms with Crippen LogP contribution in [0.2, 0.25) is 5.02 Å². The molecule has 0 amide bonds. The van der Waals surface area contributed by atoms with Crippen LogP contribution in [0.15, 0.2) is 24.3 Å². The molecule has 2 rings (SSSR count). The second kappa shape index (κ2) is 7.49. The quantitative estimate of drug-likeness (QED) is 0.929. The van der Waals surface area contributed by atoms with E-state index < -0.39 is 0 Å². The molecule has 0 saturated carbocycles. The van der Waals surface area contributed by atoms with Crippen molar-refractivity contribution in [2.75, 3.05) is 31.1 Å². The first kappa shape index (κ1) is 15.1. The molecule has 0 radical (unpaired) electrons. The van der Waals surface area contributed by atoms with Gasteiger partial charge in [0.25, 0.3) is 0 Å². The monoisotopic (exact) mass is 292 g/mol. The maximum atomic E-state index is 6.02. The summed E-state index contributed by atoms with van der Waals surface area (Å²) in [7, 11) is 0. The van der Waals surface area contributed by atoms with Crippen LogP contribution in [0.5, 0.6) is 0 Å². The van der Waals surface area contributed by atoms with E-state index in [1.165, 1.54) is 17.1 Å². The molecule has 5 heteroatoms. The van der Waals surface area contributed by atoms with Gasteiger partial charge in [0.2, 0.25) is 0 Å². The van der Waals surface area contributed by atoms with Gasteiger partial charge in [-0.3, -0.25) is 4.90 Å². The van der Waals surface area contributed by atoms with Crippen molar-refractivity contribution >= 4 is 35.8 Å². The van der Waals surface area contributed by atoms with Crippen LogP contribution in [0, 0.1) is 0 Å². The van der Waals surface area contributed by atoms with E-state index in [1.54, 1.807) is 0 Å². The van der Waals surface area contributed by atoms with Crippen LogP contribution in [-0.2, 0) is 0 Å². The fourth-order valence-corrected chi connectivity index (χ4v) is 3.23. The van der Waals surface area contributed by atoms with E-state index in [1.807, 2.05) is 30.0 Å². The highest BCUT2D eigenvalue weighted by atomic mass is 35.5. The highest BCUT2D eigenvalue weighted by Crippen LogP contribution is 2.25. The van der Waals surface area contributed by atoms with Gasteiger partial charge in [-0.05, 0) is 17.7 Å². The number of rotatable bonds is 3. The molecule has 0 bridgehead atoms. The smallest absolute Gasteiger partial charge is 0.0471 e. The Hall–Kier alpha value is 0.0700. The Morgan fingerprint density at radius 1 is 1.35 bits per heavy atom. The molecule has 0 aliphatic carbocycles. The Morgan fingerprint density at radius 3 is 2.65 bits per heavy atom. The molecule has 1 fully saturated rings. The third kappa shape index (κ3) is 4.04. The van der Waals surface area contributed by atoms with Gasteiger partial charge in [0, 0.05) is 42.2 Å². The van der Waals surface area contributed by atoms with E-state index >= 15 is 0 Å². The van der Waals surface area contributed by atoms with Crippen molar-refractivity contribution in [2.45, 2.75) is 6.04 Å². The average molecular weight is 293 g/mol. The van der Waals surface area contributed by atoms with Crippen molar-refractivity contribution < 1.29 is 0 Å². The molecule has 1 unspecified atom stereocenters. The molecule has 1 aromatic rings. The summed E-state index contributed by atoms with van der Waals surface area (Å²) in [5.74, 6) is 2.41. The number of halogens is 2. The van der Waals surface area contributed by atoms with Crippen LogP contribution < -0.4 is 5.73 Å². The molecular weight excluding hydrogens is 275 g/mol. The molecule has 0 spiro atoms. The maximum Gasteiger partial charge on any atom is 0.0471 e. The molecule has 1 atom stereocenters. The minimum Gasteiger partial charge on any atom is -0.329 e. The third-order valence-electron chi connectivity index (χ3n) is 2.94. The summed E-state index contributed by atoms with van der Waals surface area (Å²) in [6.45, 7) is 2.91. The lowest BCUT2D eigenvalue weighted by molar-refractivity contribution is 0.223. The van der Waals surface area contributed by atoms with E-state index in [-0.39, 0.29) is 12.4 Å². The largest absolute Gasteiger partial charge is 0.329 e. The topological polar surface area (TPSA) is 29.3 Å². The number of benzene rings is 1. The molecule has 1 heterocycles. The van der Waals surface area contributed by atoms with Crippen LogP contribution in [0.1, 0.15) is 11.6 Å². The summed E-state index contributed by atoms with van der Waals surface area (Å²) in [6.07, 6.45) is 0. The van der Waals surface area contributed by atoms with Crippen LogP contribution in [0.25, 0.3) is 0 Å². The van der Waals surface area contributed by atoms with Crippen LogP contribution >= 0.6 is 35.8 Å². The zero-order chi connectivity index (χ0) is 11.4. The molecule has 1 saturated heterocycles. The number of hydrogen-bond donors (Lipinski definition) is 1. The second-order valence-electron chi connectivity index (χ2n) is 3.95. The summed E-state index contributed by atoms with van der Waals surface area (Å²) in [5.41, 5.74) is 7.13. The first-order chi connectivity index (χ1) is 7.81. The number of nitrogens with two attached hydrogens (primary N) is 1. The molecule has 96 valence electrons. The average Bonchev–Trinajstić information content (AvgIpc) is 2.31. The van der Waals surface area contributed by atoms with E-state index in [9.17, 15) is 0 Å². The second-order valence-corrected chi connectivity index (χ2v) is 5.62. The predicted molar refractivity (Wildman–Crippen MR) is 79.4 cm³/mol. The Kier molecular flexibility index (Phi) is 6.67. The normalized spacial score (nSPS) is 18.5. The summed E-state index contributed by atoms with van der Waals surface area (Å²) >= 11 is 8.04. The highest BCUT2D eigenvalue weighted by Gasteiger charge is 2.21. The predicted octanol–water partition coefficient (Wildman–Crippen LogP) is 2.81. The SMILES string of the molecule is Cl.NCC(c1cccc(Cl)c1)N1CCSCC1. The van der Waals surface area contributed by atoms with Crippen molar-refractivity contribution in [3.05, 3.63) is 34.9 Å². The van der Waals surface area contributed by atoms with Gasteiger partial charge in [0.1, 0.15) is 0 Å². The van der Waals surface area contributed by atoms with Crippen molar-refractivity contribution in [1.82, 2.24) is 4.90 Å². The minimum atomic E-state index is 0. The molecule has 1 aliphatic heterocycles. The first-order valence-corrected chi connectivity index (χ1v) is 7.12. The van der Waals surface area contributed by atoms with Gasteiger partial charge in [0.05, 0.1) is 0 Å². The van der Waals surface area contributed by atoms with Gasteiger partial charge in [-0.15, -0.1) is 12.4 Å². The highest BCUT2D eigenvalue weighted by molar-refractivity contribution is 7.99. The summed E-state index contributed by atoms with van der Waals surface area (Å²) in [6, 6.07) is 8.37. The van der Waals surface area contributed by atoms with Gasteiger partial charge in [-0.1, -0.05) is 23.7 Å². The summed E-state index contributed by atoms with van der Waals surface area (Å²) < 4.78 is 0. The molecule has 2 N–H and O–H groups in total. The molecule has 1 aromatic carbocycles. The van der Waals surface area contributed by atoms with E-state index in [0.717, 1.165) is 18.1 Å². The lowest BCUT2D eigenvalue weighted by atomic mass is 10.1. The minimum absolute atomic E-state index is 0. The molecular formula is C12H18Cl2N2S. The molecule has 0 aromatic heterocycles. The van der Waals surface area contributed by atoms with Crippen molar-refractivity contribution in [1.29, 1.82) is 0 Å². The Labute approximate surface area is 118 Å². The van der Waals surface area contributed by atoms with Crippen LogP contribution in [0.3, 0.4) is 0 Å². The lowest BCUT2D eigenvalue weighted by Gasteiger charge is -2.34. The van der Waals surface area contributed by atoms with Crippen molar-refractivity contribution in [2.24, 2.45) is 5.73 Å². The Morgan fingerprint density at radius 2 is 2.06 bits per heavy atom. The van der Waals surface area contributed by atoms with Gasteiger partial charge in [-0.25, -0.2) is 0 Å². The summed E-state index contributed by atoms with van der Waals surface area (Å²) in [4.78, 5) is 2.46. The van der Waals surface area contributed by atoms with Gasteiger partial charge < -0.3 is 5.73 Å². The molecule has 1 aliphatic rings. The summed E-state index contributed by atoms with van der Waals surface area (Å²) in [5, 5.41) is 0.794. The number of thioether (sulfide) groups is 1. The molecule has 2 nitrogen and oxygen atoms in total. The maximum absolute atomic E-state index is 6.02. The fraction of sp³-hybridized carbons (Fsp3) is 0.500. The van der Waals surface area contributed by atoms with E-state index in [2.05, 4.69) is 11.0 Å². The van der Waals surface area contributed by atoms with Crippen LogP contribution in [-0.4, -0.2) is 36.0 Å². The Bertz CT molecular complexity index is 343. The van der Waals surface area contributed by atoms with Crippen molar-refractivity contribution in [3.8, 4) is 0 Å². The lowest BCUT2D eigenvalue weighted by Crippen LogP contribution is -2.39. The zero-order valence-electron chi connectivity index (χ0n) is 9.64.